The Balaban J connectivity index is 0.000000591. The van der Waals surface area contributed by atoms with Crippen LogP contribution in [0.4, 0.5) is 11.4 Å². The van der Waals surface area contributed by atoms with E-state index in [0.717, 1.165) is 66.1 Å². The number of anilines is 2. The van der Waals surface area contributed by atoms with Gasteiger partial charge in [0, 0.05) is 180 Å². The van der Waals surface area contributed by atoms with E-state index in [9.17, 15) is 0 Å². The molecular formula is C64H122B4K2N6O17. The molecule has 8 saturated heterocycles. The quantitative estimate of drug-likeness (QED) is 0.361. The molecule has 0 saturated carbocycles. The molecule has 8 fully saturated rings. The van der Waals surface area contributed by atoms with Crippen LogP contribution in [-0.4, -0.2) is 431 Å². The van der Waals surface area contributed by atoms with Crippen LogP contribution in [0.15, 0.2) is 60.7 Å². The van der Waals surface area contributed by atoms with Crippen molar-refractivity contribution in [2.45, 2.75) is 64.2 Å². The first-order valence-electron chi connectivity index (χ1n) is 33.9. The average molecular weight is 1370 g/mol. The monoisotopic (exact) mass is 1370 g/mol. The first kappa shape index (κ1) is 91.7. The number of ether oxygens (including phenoxy) is 17. The van der Waals surface area contributed by atoms with E-state index in [0.29, 0.717) is 159 Å². The smallest absolute Gasteiger partial charge is 0.338 e. The van der Waals surface area contributed by atoms with Gasteiger partial charge in [-0.25, -0.2) is 0 Å². The van der Waals surface area contributed by atoms with Gasteiger partial charge in [-0.05, 0) is 145 Å². The molecular weight excluding hydrogens is 1250 g/mol. The van der Waals surface area contributed by atoms with Gasteiger partial charge in [-0.2, -0.15) is 0 Å². The van der Waals surface area contributed by atoms with Crippen LogP contribution in [0.1, 0.15) is 64.2 Å². The molecule has 2 aromatic carbocycles. The number of rotatable bonds is 6. The molecule has 0 amide bonds. The molecule has 0 spiro atoms. The van der Waals surface area contributed by atoms with Crippen molar-refractivity contribution in [2.75, 3.05) is 290 Å². The molecule has 8 aliphatic heterocycles. The van der Waals surface area contributed by atoms with Gasteiger partial charge in [0.1, 0.15) is 0 Å². The summed E-state index contributed by atoms with van der Waals surface area (Å²) in [6, 6.07) is 21.6. The third-order valence-corrected chi connectivity index (χ3v) is 14.5. The van der Waals surface area contributed by atoms with Gasteiger partial charge in [0.15, 0.2) is 0 Å². The maximum absolute atomic E-state index is 5.33. The number of nitrogens with zero attached hydrogens (tertiary/aromatic N) is 6. The number of hydrogen-bond acceptors (Lipinski definition) is 23. The third-order valence-electron chi connectivity index (χ3n) is 14.5. The van der Waals surface area contributed by atoms with E-state index < -0.39 is 0 Å². The Morgan fingerprint density at radius 2 is 0.323 bits per heavy atom. The summed E-state index contributed by atoms with van der Waals surface area (Å²) in [5.41, 5.74) is 2.47. The SMILES string of the molecule is C1CCOC1.C1CCOC1.C1CCOC1.C1CCOC1.C1CCOC1.C1COCCOCCOCCOCCOCCO1.C1COCCOCCOCCOCCOCCO1.CN(C)B1B(N(C)C)N(c2ccccc2)B(N(C)C)B(N(C)C)N1c1ccccc1.[K].[K]. The van der Waals surface area contributed by atoms with Gasteiger partial charge in [-0.1, -0.05) is 36.4 Å². The van der Waals surface area contributed by atoms with E-state index in [-0.39, 0.29) is 130 Å². The van der Waals surface area contributed by atoms with Crippen LogP contribution < -0.4 is 9.44 Å². The second-order valence-electron chi connectivity index (χ2n) is 22.9. The van der Waals surface area contributed by atoms with E-state index in [1.54, 1.807) is 0 Å². The van der Waals surface area contributed by atoms with E-state index in [1.807, 2.05) is 0 Å². The fraction of sp³-hybridized carbons (Fsp3) is 0.812. The standard InChI is InChI=1S/C20H34B4N6.2C12H24O6.5C4H8O.2K/c1-25(2)21-22(26(3)4)30(20-17-13-10-14-18-20)24(28(7)8)23(27(5)6)29(21)19-15-11-9-12-16-19;2*1-2-14-5-6-16-9-10-18-12-11-17-8-7-15-4-3-13-1;5*1-2-4-5-3-1;;/h9-18H,1-8H3;2*1-12H2;5*1-4H2;;. The molecule has 0 aromatic heterocycles. The van der Waals surface area contributed by atoms with E-state index >= 15 is 0 Å². The number of benzene rings is 2. The zero-order valence-corrected chi connectivity index (χ0v) is 66.1. The largest absolute Gasteiger partial charge is 0.440 e. The number of para-hydroxylation sites is 2. The molecule has 0 N–H and O–H groups in total. The summed E-state index contributed by atoms with van der Waals surface area (Å²) in [5, 5.41) is 0. The zero-order valence-electron chi connectivity index (χ0n) is 59.8. The summed E-state index contributed by atoms with van der Waals surface area (Å²) in [7, 11) is 17.5. The normalized spacial score (nSPS) is 20.7. The topological polar surface area (TPSA) is 176 Å². The minimum Gasteiger partial charge on any atom is -0.440 e. The maximum atomic E-state index is 5.33. The van der Waals surface area contributed by atoms with Crippen molar-refractivity contribution in [1.29, 1.82) is 0 Å². The predicted molar refractivity (Wildman–Crippen MR) is 377 cm³/mol. The number of hydrogen-bond donors (Lipinski definition) is 0. The van der Waals surface area contributed by atoms with Gasteiger partial charge in [-0.3, -0.25) is 0 Å². The Kier molecular flexibility index (Phi) is 66.3. The molecule has 93 heavy (non-hydrogen) atoms. The minimum absolute atomic E-state index is 0. The summed E-state index contributed by atoms with van der Waals surface area (Å²) < 4.78 is 93.8. The van der Waals surface area contributed by atoms with Crippen LogP contribution in [0.2, 0.25) is 0 Å². The Morgan fingerprint density at radius 1 is 0.204 bits per heavy atom. The van der Waals surface area contributed by atoms with Gasteiger partial charge in [-0.15, -0.1) is 0 Å². The molecule has 2 aromatic rings. The summed E-state index contributed by atoms with van der Waals surface area (Å²) in [6.45, 7) is 24.6. The molecule has 8 aliphatic rings. The third kappa shape index (κ3) is 48.3. The van der Waals surface area contributed by atoms with Crippen molar-refractivity contribution < 1.29 is 80.5 Å². The van der Waals surface area contributed by atoms with Crippen molar-refractivity contribution in [3.8, 4) is 0 Å². The fourth-order valence-corrected chi connectivity index (χ4v) is 9.95. The van der Waals surface area contributed by atoms with Gasteiger partial charge in [0.05, 0.1) is 159 Å². The van der Waals surface area contributed by atoms with Crippen LogP contribution in [0.5, 0.6) is 0 Å². The van der Waals surface area contributed by atoms with E-state index in [1.165, 1.54) is 75.6 Å². The first-order valence-corrected chi connectivity index (χ1v) is 33.9. The van der Waals surface area contributed by atoms with Crippen LogP contribution >= 0.6 is 0 Å². The van der Waals surface area contributed by atoms with Gasteiger partial charge in [0.25, 0.3) is 0 Å². The van der Waals surface area contributed by atoms with E-state index in [2.05, 4.69) is 146 Å². The molecule has 10 rings (SSSR count). The average Bonchev–Trinajstić information content (AvgIpc) is 0.830. The van der Waals surface area contributed by atoms with Crippen molar-refractivity contribution >= 4 is 142 Å². The Hall–Kier alpha value is 0.732. The molecule has 29 heteroatoms. The zero-order chi connectivity index (χ0) is 65.1. The fourth-order valence-electron chi connectivity index (χ4n) is 9.95. The molecule has 0 unspecified atom stereocenters. The first-order chi connectivity index (χ1) is 44.8. The Morgan fingerprint density at radius 3 is 0.419 bits per heavy atom. The van der Waals surface area contributed by atoms with Crippen LogP contribution in [0.25, 0.3) is 0 Å². The van der Waals surface area contributed by atoms with Crippen molar-refractivity contribution in [3.05, 3.63) is 60.7 Å². The van der Waals surface area contributed by atoms with Crippen LogP contribution in [0.3, 0.4) is 0 Å². The summed E-state index contributed by atoms with van der Waals surface area (Å²) in [5.74, 6) is 0. The van der Waals surface area contributed by atoms with Crippen LogP contribution in [-0.2, 0) is 80.5 Å². The van der Waals surface area contributed by atoms with Crippen molar-refractivity contribution in [1.82, 2.24) is 19.2 Å². The summed E-state index contributed by atoms with van der Waals surface area (Å²) in [4.78, 5) is 9.37. The Labute approximate surface area is 649 Å². The molecule has 0 atom stereocenters. The second-order valence-corrected chi connectivity index (χ2v) is 22.9. The second kappa shape index (κ2) is 67.2. The Bertz CT molecular complexity index is 1470. The van der Waals surface area contributed by atoms with Gasteiger partial charge in [0.2, 0.25) is 0 Å². The van der Waals surface area contributed by atoms with Crippen LogP contribution in [0, 0.1) is 0 Å². The molecule has 0 aliphatic carbocycles. The molecule has 0 bridgehead atoms. The van der Waals surface area contributed by atoms with Crippen molar-refractivity contribution in [2.24, 2.45) is 0 Å². The summed E-state index contributed by atoms with van der Waals surface area (Å²) in [6.07, 6.45) is 12.8. The molecule has 524 valence electrons. The molecule has 23 nitrogen and oxygen atoms in total. The molecule has 2 radical (unpaired) electrons. The van der Waals surface area contributed by atoms with Crippen molar-refractivity contribution in [3.63, 3.8) is 0 Å². The van der Waals surface area contributed by atoms with Gasteiger partial charge < -0.3 is 109 Å². The van der Waals surface area contributed by atoms with E-state index in [4.69, 9.17) is 80.5 Å². The minimum atomic E-state index is 0. The summed E-state index contributed by atoms with van der Waals surface area (Å²) >= 11 is 0. The predicted octanol–water partition coefficient (Wildman–Crippen LogP) is 4.79. The maximum Gasteiger partial charge on any atom is 0.338 e. The van der Waals surface area contributed by atoms with Gasteiger partial charge >= 0.3 is 27.5 Å². The molecule has 8 heterocycles.